The van der Waals surface area contributed by atoms with Gasteiger partial charge in [-0.3, -0.25) is 4.79 Å². The van der Waals surface area contributed by atoms with Crippen molar-refractivity contribution in [2.75, 3.05) is 24.7 Å². The Labute approximate surface area is 187 Å². The second-order valence-corrected chi connectivity index (χ2v) is 9.64. The number of ketones is 1. The summed E-state index contributed by atoms with van der Waals surface area (Å²) in [5, 5.41) is 19.4. The second kappa shape index (κ2) is 11.0. The van der Waals surface area contributed by atoms with E-state index in [0.717, 1.165) is 0 Å². The number of Topliss-reactive ketones (excluding diaryl/α,β-unsaturated/α-hetero) is 1. The molecule has 9 heteroatoms. The van der Waals surface area contributed by atoms with E-state index in [1.807, 2.05) is 6.92 Å². The quantitative estimate of drug-likeness (QED) is 0.457. The minimum absolute atomic E-state index is 0.0970. The summed E-state index contributed by atoms with van der Waals surface area (Å²) < 4.78 is 35.6. The number of carbonyl (C=O) groups excluding carboxylic acids is 1. The molecule has 0 atom stereocenters. The molecule has 0 radical (unpaired) electrons. The average molecular weight is 465 g/mol. The van der Waals surface area contributed by atoms with E-state index in [-0.39, 0.29) is 47.4 Å². The number of rotatable bonds is 12. The van der Waals surface area contributed by atoms with Gasteiger partial charge in [-0.25, -0.2) is 13.2 Å². The van der Waals surface area contributed by atoms with E-state index in [1.165, 1.54) is 18.2 Å². The molecule has 0 aliphatic rings. The molecule has 0 unspecified atom stereocenters. The van der Waals surface area contributed by atoms with Gasteiger partial charge in [0.25, 0.3) is 0 Å². The highest BCUT2D eigenvalue weighted by atomic mass is 32.2. The van der Waals surface area contributed by atoms with Crippen LogP contribution in [0.25, 0.3) is 0 Å². The summed E-state index contributed by atoms with van der Waals surface area (Å²) in [4.78, 5) is 23.2. The van der Waals surface area contributed by atoms with Crippen molar-refractivity contribution in [2.24, 2.45) is 0 Å². The molecule has 0 amide bonds. The molecule has 0 aliphatic carbocycles. The van der Waals surface area contributed by atoms with Gasteiger partial charge in [0, 0.05) is 17.5 Å². The zero-order chi connectivity index (χ0) is 23.9. The van der Waals surface area contributed by atoms with Crippen molar-refractivity contribution in [3.05, 3.63) is 52.6 Å². The van der Waals surface area contributed by atoms with Gasteiger partial charge < -0.3 is 19.7 Å². The van der Waals surface area contributed by atoms with E-state index >= 15 is 0 Å². The van der Waals surface area contributed by atoms with Crippen LogP contribution in [-0.2, 0) is 9.84 Å². The standard InChI is InChI=1S/C23H28O8S/c1-4-6-19(24)18-9-10-21(16(3)22(18)25)31-12-14-32(28,29)13-11-30-20-8-5-7-17(15(20)2)23(26)27/h5,7-10,25H,4,6,11-14H2,1-3H3,(H,26,27). The van der Waals surface area contributed by atoms with Crippen molar-refractivity contribution >= 4 is 21.6 Å². The van der Waals surface area contributed by atoms with Gasteiger partial charge in [0.15, 0.2) is 15.6 Å². The van der Waals surface area contributed by atoms with Gasteiger partial charge in [0.2, 0.25) is 0 Å². The van der Waals surface area contributed by atoms with E-state index in [9.17, 15) is 23.1 Å². The smallest absolute Gasteiger partial charge is 0.336 e. The molecule has 32 heavy (non-hydrogen) atoms. The number of aromatic hydroxyl groups is 1. The van der Waals surface area contributed by atoms with Crippen LogP contribution in [0.3, 0.4) is 0 Å². The lowest BCUT2D eigenvalue weighted by Gasteiger charge is -2.13. The van der Waals surface area contributed by atoms with Crippen LogP contribution in [0.4, 0.5) is 0 Å². The van der Waals surface area contributed by atoms with E-state index in [2.05, 4.69) is 0 Å². The Hall–Kier alpha value is -3.07. The number of carboxylic acid groups (broad SMARTS) is 1. The van der Waals surface area contributed by atoms with Gasteiger partial charge >= 0.3 is 5.97 Å². The summed E-state index contributed by atoms with van der Waals surface area (Å²) in [7, 11) is -3.50. The average Bonchev–Trinajstić information content (AvgIpc) is 2.72. The Morgan fingerprint density at radius 3 is 2.06 bits per heavy atom. The van der Waals surface area contributed by atoms with Crippen LogP contribution < -0.4 is 9.47 Å². The molecule has 0 aromatic heterocycles. The van der Waals surface area contributed by atoms with Crippen LogP contribution in [0.15, 0.2) is 30.3 Å². The van der Waals surface area contributed by atoms with E-state index in [0.29, 0.717) is 35.5 Å². The number of ether oxygens (including phenoxy) is 2. The molecule has 2 aromatic rings. The summed E-state index contributed by atoms with van der Waals surface area (Å²) in [5.74, 6) is -1.30. The summed E-state index contributed by atoms with van der Waals surface area (Å²) in [6.07, 6.45) is 0.995. The Morgan fingerprint density at radius 1 is 0.906 bits per heavy atom. The predicted octanol–water partition coefficient (Wildman–Crippen LogP) is 3.56. The highest BCUT2D eigenvalue weighted by Gasteiger charge is 2.17. The van der Waals surface area contributed by atoms with Crippen LogP contribution >= 0.6 is 0 Å². The minimum Gasteiger partial charge on any atom is -0.507 e. The summed E-state index contributed by atoms with van der Waals surface area (Å²) in [6, 6.07) is 7.59. The van der Waals surface area contributed by atoms with Crippen molar-refractivity contribution < 1.29 is 37.7 Å². The van der Waals surface area contributed by atoms with Gasteiger partial charge in [0.1, 0.15) is 30.5 Å². The third-order valence-corrected chi connectivity index (χ3v) is 6.55. The monoisotopic (exact) mass is 464 g/mol. The molecular formula is C23H28O8S. The SMILES string of the molecule is CCCC(=O)c1ccc(OCCS(=O)(=O)CCOc2cccc(C(=O)O)c2C)c(C)c1O. The van der Waals surface area contributed by atoms with Crippen LogP contribution in [0.5, 0.6) is 17.2 Å². The molecule has 174 valence electrons. The highest BCUT2D eigenvalue weighted by molar-refractivity contribution is 7.91. The van der Waals surface area contributed by atoms with Gasteiger partial charge in [-0.1, -0.05) is 13.0 Å². The number of carbonyl (C=O) groups is 2. The number of sulfone groups is 1. The largest absolute Gasteiger partial charge is 0.507 e. The Bertz CT molecular complexity index is 1090. The fourth-order valence-electron chi connectivity index (χ4n) is 3.09. The molecule has 0 spiro atoms. The third kappa shape index (κ3) is 6.46. The third-order valence-electron chi connectivity index (χ3n) is 4.98. The van der Waals surface area contributed by atoms with Crippen molar-refractivity contribution in [2.45, 2.75) is 33.6 Å². The Balaban J connectivity index is 1.90. The summed E-state index contributed by atoms with van der Waals surface area (Å²) in [5.41, 5.74) is 1.13. The second-order valence-electron chi connectivity index (χ2n) is 7.34. The molecule has 8 nitrogen and oxygen atoms in total. The fourth-order valence-corrected chi connectivity index (χ4v) is 3.97. The topological polar surface area (TPSA) is 127 Å². The maximum atomic E-state index is 12.3. The Kier molecular flexibility index (Phi) is 8.65. The first-order chi connectivity index (χ1) is 15.1. The number of phenolic OH excluding ortho intramolecular Hbond substituents is 1. The molecular weight excluding hydrogens is 436 g/mol. The molecule has 2 aromatic carbocycles. The number of aromatic carboxylic acids is 1. The summed E-state index contributed by atoms with van der Waals surface area (Å²) in [6.45, 7) is 4.82. The van der Waals surface area contributed by atoms with Crippen molar-refractivity contribution in [1.29, 1.82) is 0 Å². The van der Waals surface area contributed by atoms with Gasteiger partial charge in [-0.15, -0.1) is 0 Å². The van der Waals surface area contributed by atoms with Crippen LogP contribution in [0, 0.1) is 13.8 Å². The molecule has 2 rings (SSSR count). The lowest BCUT2D eigenvalue weighted by atomic mass is 10.0. The summed E-state index contributed by atoms with van der Waals surface area (Å²) >= 11 is 0. The van der Waals surface area contributed by atoms with Crippen LogP contribution in [0.2, 0.25) is 0 Å². The van der Waals surface area contributed by atoms with E-state index in [1.54, 1.807) is 26.0 Å². The molecule has 2 N–H and O–H groups in total. The number of hydrogen-bond acceptors (Lipinski definition) is 7. The lowest BCUT2D eigenvalue weighted by molar-refractivity contribution is 0.0695. The molecule has 0 heterocycles. The van der Waals surface area contributed by atoms with Crippen LogP contribution in [-0.4, -0.2) is 55.1 Å². The molecule has 0 fully saturated rings. The minimum atomic E-state index is -3.50. The van der Waals surface area contributed by atoms with E-state index in [4.69, 9.17) is 14.6 Å². The number of phenols is 1. The molecule has 0 saturated heterocycles. The maximum Gasteiger partial charge on any atom is 0.336 e. The van der Waals surface area contributed by atoms with E-state index < -0.39 is 15.8 Å². The number of carboxylic acids is 1. The predicted molar refractivity (Wildman–Crippen MR) is 120 cm³/mol. The van der Waals surface area contributed by atoms with Gasteiger partial charge in [-0.05, 0) is 44.5 Å². The van der Waals surface area contributed by atoms with Gasteiger partial charge in [0.05, 0.1) is 22.6 Å². The number of benzene rings is 2. The first-order valence-corrected chi connectivity index (χ1v) is 12.0. The number of hydrogen-bond donors (Lipinski definition) is 2. The molecule has 0 saturated carbocycles. The maximum absolute atomic E-state index is 12.3. The lowest BCUT2D eigenvalue weighted by Crippen LogP contribution is -2.21. The zero-order valence-corrected chi connectivity index (χ0v) is 19.2. The van der Waals surface area contributed by atoms with Crippen molar-refractivity contribution in [3.63, 3.8) is 0 Å². The fraction of sp³-hybridized carbons (Fsp3) is 0.391. The first kappa shape index (κ1) is 25.2. The van der Waals surface area contributed by atoms with Crippen LogP contribution in [0.1, 0.15) is 51.6 Å². The first-order valence-electron chi connectivity index (χ1n) is 10.2. The normalized spacial score (nSPS) is 11.2. The van der Waals surface area contributed by atoms with Crippen molar-refractivity contribution in [3.8, 4) is 17.2 Å². The van der Waals surface area contributed by atoms with Gasteiger partial charge in [-0.2, -0.15) is 0 Å². The molecule has 0 bridgehead atoms. The molecule has 0 aliphatic heterocycles. The highest BCUT2D eigenvalue weighted by Crippen LogP contribution is 2.31. The van der Waals surface area contributed by atoms with Crippen molar-refractivity contribution in [1.82, 2.24) is 0 Å². The Morgan fingerprint density at radius 2 is 1.50 bits per heavy atom. The zero-order valence-electron chi connectivity index (χ0n) is 18.4.